The third-order valence-electron chi connectivity index (χ3n) is 6.72. The van der Waals surface area contributed by atoms with Crippen LogP contribution in [-0.4, -0.2) is 78.6 Å². The van der Waals surface area contributed by atoms with Crippen LogP contribution in [-0.2, 0) is 11.3 Å². The van der Waals surface area contributed by atoms with Crippen molar-refractivity contribution in [1.29, 1.82) is 0 Å². The van der Waals surface area contributed by atoms with Gasteiger partial charge in [-0.2, -0.15) is 4.98 Å². The molecule has 9 heteroatoms. The lowest BCUT2D eigenvalue weighted by Gasteiger charge is -2.40. The molecule has 4 atom stereocenters. The van der Waals surface area contributed by atoms with Crippen molar-refractivity contribution in [2.24, 2.45) is 11.8 Å². The number of hydrogen-bond donors (Lipinski definition) is 1. The highest BCUT2D eigenvalue weighted by Gasteiger charge is 2.62. The van der Waals surface area contributed by atoms with Gasteiger partial charge in [-0.25, -0.2) is 4.98 Å². The Morgan fingerprint density at radius 1 is 1.30 bits per heavy atom. The minimum Gasteiger partial charge on any atom is -0.448 e. The van der Waals surface area contributed by atoms with E-state index in [-0.39, 0.29) is 30.1 Å². The summed E-state index contributed by atoms with van der Waals surface area (Å²) in [7, 11) is 3.98. The quantitative estimate of drug-likeness (QED) is 0.764. The molecule has 2 aromatic heterocycles. The second-order valence-corrected chi connectivity index (χ2v) is 9.37. The Balaban J connectivity index is 1.40. The summed E-state index contributed by atoms with van der Waals surface area (Å²) in [5.41, 5.74) is 0.714. The van der Waals surface area contributed by atoms with Crippen LogP contribution in [0.5, 0.6) is 0 Å². The number of ether oxygens (including phenoxy) is 1. The van der Waals surface area contributed by atoms with Crippen molar-refractivity contribution in [2.45, 2.75) is 25.2 Å². The summed E-state index contributed by atoms with van der Waals surface area (Å²) in [6.45, 7) is 5.91. The maximum absolute atomic E-state index is 10.2. The van der Waals surface area contributed by atoms with E-state index in [4.69, 9.17) is 25.7 Å². The molecule has 3 fully saturated rings. The predicted molar refractivity (Wildman–Crippen MR) is 114 cm³/mol. The summed E-state index contributed by atoms with van der Waals surface area (Å²) in [5.74, 6) is 2.85. The molecule has 5 rings (SSSR count). The molecule has 8 nitrogen and oxygen atoms in total. The summed E-state index contributed by atoms with van der Waals surface area (Å²) in [6, 6.07) is 3.69. The first kappa shape index (κ1) is 20.1. The molecule has 3 aliphatic rings. The first-order valence-corrected chi connectivity index (χ1v) is 10.8. The van der Waals surface area contributed by atoms with Crippen molar-refractivity contribution in [2.75, 3.05) is 56.7 Å². The first-order valence-electron chi connectivity index (χ1n) is 10.4. The molecule has 0 unspecified atom stereocenters. The fourth-order valence-electron chi connectivity index (χ4n) is 5.49. The van der Waals surface area contributed by atoms with Gasteiger partial charge in [-0.3, -0.25) is 4.90 Å². The Hall–Kier alpha value is -1.87. The highest BCUT2D eigenvalue weighted by molar-refractivity contribution is 6.28. The number of aryl methyl sites for hydroxylation is 1. The lowest BCUT2D eigenvalue weighted by atomic mass is 9.83. The second kappa shape index (κ2) is 7.37. The molecule has 3 saturated heterocycles. The molecule has 0 aromatic carbocycles. The zero-order valence-electron chi connectivity index (χ0n) is 17.6. The molecule has 3 aliphatic heterocycles. The maximum atomic E-state index is 10.2. The maximum Gasteiger partial charge on any atom is 0.227 e. The lowest BCUT2D eigenvalue weighted by Crippen LogP contribution is -2.53. The number of fused-ring (bicyclic) bond motifs is 1. The molecule has 0 amide bonds. The minimum absolute atomic E-state index is 0.0256. The number of nitrogens with zero attached hydrogens (tertiary/aromatic N) is 5. The highest BCUT2D eigenvalue weighted by atomic mass is 35.5. The van der Waals surface area contributed by atoms with E-state index in [0.29, 0.717) is 11.8 Å². The van der Waals surface area contributed by atoms with Crippen LogP contribution in [0.4, 0.5) is 11.8 Å². The lowest BCUT2D eigenvalue weighted by molar-refractivity contribution is -0.113. The number of morpholine rings is 1. The summed E-state index contributed by atoms with van der Waals surface area (Å²) in [4.78, 5) is 16.0. The Morgan fingerprint density at radius 2 is 2.13 bits per heavy atom. The Kier molecular flexibility index (Phi) is 4.93. The Bertz CT molecular complexity index is 937. The summed E-state index contributed by atoms with van der Waals surface area (Å²) in [6.07, 6.45) is 1.90. The van der Waals surface area contributed by atoms with E-state index in [1.807, 2.05) is 38.2 Å². The number of furan rings is 1. The Labute approximate surface area is 181 Å². The molecule has 0 aliphatic carbocycles. The van der Waals surface area contributed by atoms with E-state index in [2.05, 4.69) is 14.8 Å². The van der Waals surface area contributed by atoms with Gasteiger partial charge >= 0.3 is 0 Å². The van der Waals surface area contributed by atoms with E-state index in [0.717, 1.165) is 49.3 Å². The highest BCUT2D eigenvalue weighted by Crippen LogP contribution is 2.49. The van der Waals surface area contributed by atoms with E-state index < -0.39 is 0 Å². The van der Waals surface area contributed by atoms with Gasteiger partial charge < -0.3 is 24.1 Å². The van der Waals surface area contributed by atoms with Crippen LogP contribution in [0.15, 0.2) is 22.7 Å². The van der Waals surface area contributed by atoms with E-state index >= 15 is 0 Å². The largest absolute Gasteiger partial charge is 0.448 e. The molecule has 2 bridgehead atoms. The molecule has 30 heavy (non-hydrogen) atoms. The number of hydrogen-bond acceptors (Lipinski definition) is 8. The van der Waals surface area contributed by atoms with Gasteiger partial charge in [0.05, 0.1) is 19.2 Å². The molecular weight excluding hydrogens is 406 g/mol. The molecule has 162 valence electrons. The Morgan fingerprint density at radius 3 is 2.83 bits per heavy atom. The van der Waals surface area contributed by atoms with Crippen molar-refractivity contribution in [1.82, 2.24) is 14.9 Å². The van der Waals surface area contributed by atoms with E-state index in [1.54, 1.807) is 6.07 Å². The standard InChI is InChI=1S/C21H28ClN5O3/c1-13-6-23-20(24-19(13)25(2)3)27-8-16-15(10-28)17-9-26(11-21(16,12-27)30-17)7-14-4-5-18(22)29-14/h4-6,15-17,28H,7-12H2,1-3H3/t15-,16+,17+,21+/m0/s1. The van der Waals surface area contributed by atoms with Crippen LogP contribution < -0.4 is 9.80 Å². The van der Waals surface area contributed by atoms with Gasteiger partial charge in [-0.1, -0.05) is 0 Å². The number of rotatable bonds is 5. The van der Waals surface area contributed by atoms with Gasteiger partial charge in [0, 0.05) is 63.9 Å². The average molecular weight is 434 g/mol. The average Bonchev–Trinajstić information content (AvgIpc) is 3.31. The van der Waals surface area contributed by atoms with Crippen molar-refractivity contribution in [3.63, 3.8) is 0 Å². The number of aliphatic hydroxyl groups is 1. The van der Waals surface area contributed by atoms with Gasteiger partial charge in [0.15, 0.2) is 5.22 Å². The van der Waals surface area contributed by atoms with Crippen molar-refractivity contribution in [3.8, 4) is 0 Å². The smallest absolute Gasteiger partial charge is 0.227 e. The van der Waals surface area contributed by atoms with Crippen LogP contribution in [0, 0.1) is 18.8 Å². The summed E-state index contributed by atoms with van der Waals surface area (Å²) >= 11 is 5.95. The third kappa shape index (κ3) is 3.26. The summed E-state index contributed by atoms with van der Waals surface area (Å²) in [5, 5.41) is 10.6. The zero-order valence-corrected chi connectivity index (χ0v) is 18.3. The van der Waals surface area contributed by atoms with Crippen LogP contribution in [0.3, 0.4) is 0 Å². The topological polar surface area (TPSA) is 78.1 Å². The normalized spacial score (nSPS) is 30.7. The fraction of sp³-hybridized carbons (Fsp3) is 0.619. The minimum atomic E-state index is -0.334. The van der Waals surface area contributed by atoms with Crippen LogP contribution in [0.25, 0.3) is 0 Å². The third-order valence-corrected chi connectivity index (χ3v) is 6.92. The zero-order chi connectivity index (χ0) is 21.0. The number of likely N-dealkylation sites (tertiary alicyclic amines) is 1. The second-order valence-electron chi connectivity index (χ2n) is 9.00. The summed E-state index contributed by atoms with van der Waals surface area (Å²) < 4.78 is 12.1. The molecule has 0 saturated carbocycles. The van der Waals surface area contributed by atoms with Crippen molar-refractivity contribution < 1.29 is 14.3 Å². The van der Waals surface area contributed by atoms with Gasteiger partial charge in [0.2, 0.25) is 5.95 Å². The van der Waals surface area contributed by atoms with Gasteiger partial charge in [-0.15, -0.1) is 0 Å². The van der Waals surface area contributed by atoms with Crippen molar-refractivity contribution >= 4 is 23.4 Å². The molecule has 2 aromatic rings. The van der Waals surface area contributed by atoms with E-state index in [1.165, 1.54) is 0 Å². The number of anilines is 2. The molecule has 1 N–H and O–H groups in total. The van der Waals surface area contributed by atoms with Gasteiger partial charge in [0.1, 0.15) is 17.2 Å². The molecule has 0 radical (unpaired) electrons. The number of aromatic nitrogens is 2. The SMILES string of the molecule is Cc1cnc(N2C[C@@H]3[C@H](CO)[C@H]4CN(Cc5ccc(Cl)o5)C[C@]3(C2)O4)nc1N(C)C. The van der Waals surface area contributed by atoms with Crippen LogP contribution >= 0.6 is 11.6 Å². The van der Waals surface area contributed by atoms with Gasteiger partial charge in [-0.05, 0) is 30.7 Å². The fourth-order valence-corrected chi connectivity index (χ4v) is 5.65. The molecule has 5 heterocycles. The van der Waals surface area contributed by atoms with Gasteiger partial charge in [0.25, 0.3) is 0 Å². The first-order chi connectivity index (χ1) is 14.4. The number of aliphatic hydroxyl groups excluding tert-OH is 1. The van der Waals surface area contributed by atoms with Crippen molar-refractivity contribution in [3.05, 3.63) is 34.9 Å². The monoisotopic (exact) mass is 433 g/mol. The van der Waals surface area contributed by atoms with E-state index in [9.17, 15) is 5.11 Å². The van der Waals surface area contributed by atoms with Crippen LogP contribution in [0.1, 0.15) is 11.3 Å². The molecular formula is C21H28ClN5O3. The van der Waals surface area contributed by atoms with Crippen LogP contribution in [0.2, 0.25) is 5.22 Å². The number of halogens is 1. The molecule has 1 spiro atoms. The predicted octanol–water partition coefficient (Wildman–Crippen LogP) is 1.80.